The summed E-state index contributed by atoms with van der Waals surface area (Å²) in [5, 5.41) is 9.30. The Morgan fingerprint density at radius 1 is 1.50 bits per heavy atom. The first-order chi connectivity index (χ1) is 10.2. The quantitative estimate of drug-likeness (QED) is 0.914. The highest BCUT2D eigenvalue weighted by Crippen LogP contribution is 2.24. The largest absolute Gasteiger partial charge is 0.417 e. The maximum Gasteiger partial charge on any atom is 0.388 e. The number of rotatable bonds is 5. The molecule has 0 aliphatic heterocycles. The lowest BCUT2D eigenvalue weighted by Gasteiger charge is -2.23. The molecule has 2 aromatic heterocycles. The number of hydrogen-bond donors (Lipinski definition) is 1. The Morgan fingerprint density at radius 3 is 2.73 bits per heavy atom. The summed E-state index contributed by atoms with van der Waals surface area (Å²) in [5.74, 6) is -0.666. The van der Waals surface area contributed by atoms with Gasteiger partial charge in [0.05, 0.1) is 5.54 Å². The summed E-state index contributed by atoms with van der Waals surface area (Å²) in [6, 6.07) is 1.17. The van der Waals surface area contributed by atoms with Crippen molar-refractivity contribution < 1.29 is 18.3 Å². The summed E-state index contributed by atoms with van der Waals surface area (Å²) in [6.45, 7) is 2.51. The number of halogens is 2. The molecule has 0 atom stereocenters. The van der Waals surface area contributed by atoms with Crippen LogP contribution in [0.5, 0.6) is 5.88 Å². The zero-order chi connectivity index (χ0) is 16.5. The first kappa shape index (κ1) is 16.3. The van der Waals surface area contributed by atoms with E-state index in [1.54, 1.807) is 0 Å². The van der Waals surface area contributed by atoms with E-state index in [0.717, 1.165) is 15.4 Å². The van der Waals surface area contributed by atoms with Crippen molar-refractivity contribution in [1.29, 1.82) is 0 Å². The molecule has 0 aliphatic carbocycles. The van der Waals surface area contributed by atoms with Crippen molar-refractivity contribution in [3.8, 4) is 5.88 Å². The molecule has 0 radical (unpaired) electrons. The van der Waals surface area contributed by atoms with E-state index in [4.69, 9.17) is 0 Å². The van der Waals surface area contributed by atoms with Crippen molar-refractivity contribution in [1.82, 2.24) is 20.1 Å². The summed E-state index contributed by atoms with van der Waals surface area (Å²) in [6.07, 6.45) is 0. The van der Waals surface area contributed by atoms with Crippen LogP contribution in [0.25, 0.3) is 0 Å². The van der Waals surface area contributed by atoms with Gasteiger partial charge in [0.25, 0.3) is 5.91 Å². The summed E-state index contributed by atoms with van der Waals surface area (Å²) in [5.41, 5.74) is 0.171. The average Bonchev–Trinajstić information content (AvgIpc) is 2.96. The molecule has 2 aromatic rings. The van der Waals surface area contributed by atoms with Crippen LogP contribution in [0.1, 0.15) is 35.0 Å². The predicted octanol–water partition coefficient (Wildman–Crippen LogP) is 2.45. The summed E-state index contributed by atoms with van der Waals surface area (Å²) < 4.78 is 29.8. The van der Waals surface area contributed by atoms with E-state index in [-0.39, 0.29) is 11.6 Å². The number of ether oxygens (including phenoxy) is 1. The molecule has 1 amide bonds. The number of hydrogen-bond acceptors (Lipinski definition) is 5. The van der Waals surface area contributed by atoms with Crippen LogP contribution in [0.15, 0.2) is 11.4 Å². The normalized spacial score (nSPS) is 11.8. The van der Waals surface area contributed by atoms with Crippen LogP contribution in [-0.4, -0.2) is 27.3 Å². The van der Waals surface area contributed by atoms with Crippen LogP contribution in [-0.2, 0) is 12.6 Å². The van der Waals surface area contributed by atoms with Crippen molar-refractivity contribution in [3.63, 3.8) is 0 Å². The number of alkyl halides is 2. The van der Waals surface area contributed by atoms with E-state index in [0.29, 0.717) is 0 Å². The van der Waals surface area contributed by atoms with Crippen LogP contribution < -0.4 is 10.1 Å². The molecule has 0 aliphatic rings. The molecular weight excluding hydrogens is 314 g/mol. The molecule has 120 valence electrons. The number of nitrogens with zero attached hydrogens (tertiary/aromatic N) is 3. The van der Waals surface area contributed by atoms with E-state index in [1.165, 1.54) is 24.5 Å². The van der Waals surface area contributed by atoms with E-state index in [1.807, 2.05) is 26.2 Å². The van der Waals surface area contributed by atoms with Gasteiger partial charge in [0.2, 0.25) is 5.88 Å². The van der Waals surface area contributed by atoms with Gasteiger partial charge in [-0.3, -0.25) is 4.79 Å². The van der Waals surface area contributed by atoms with Gasteiger partial charge < -0.3 is 10.1 Å². The third-order valence-corrected chi connectivity index (χ3v) is 4.14. The fourth-order valence-corrected chi connectivity index (χ4v) is 2.68. The second kappa shape index (κ2) is 5.99. The number of aryl methyl sites for hydroxylation is 2. The van der Waals surface area contributed by atoms with Gasteiger partial charge >= 0.3 is 6.61 Å². The Labute approximate surface area is 130 Å². The van der Waals surface area contributed by atoms with E-state index < -0.39 is 18.1 Å². The topological polar surface area (TPSA) is 69.0 Å². The number of carbonyl (C=O) groups is 1. The number of amides is 1. The van der Waals surface area contributed by atoms with Gasteiger partial charge in [0, 0.05) is 24.2 Å². The molecule has 2 rings (SSSR count). The van der Waals surface area contributed by atoms with Crippen molar-refractivity contribution in [2.75, 3.05) is 0 Å². The van der Waals surface area contributed by atoms with E-state index in [2.05, 4.69) is 20.1 Å². The molecule has 0 saturated carbocycles. The fourth-order valence-electron chi connectivity index (χ4n) is 1.81. The van der Waals surface area contributed by atoms with E-state index >= 15 is 0 Å². The zero-order valence-corrected chi connectivity index (χ0v) is 13.4. The summed E-state index contributed by atoms with van der Waals surface area (Å²) in [7, 11) is 1.42. The van der Waals surface area contributed by atoms with Crippen LogP contribution in [0.3, 0.4) is 0 Å². The molecule has 0 saturated heterocycles. The number of aromatic nitrogens is 3. The Kier molecular flexibility index (Phi) is 4.45. The van der Waals surface area contributed by atoms with Gasteiger partial charge in [0.1, 0.15) is 5.01 Å². The van der Waals surface area contributed by atoms with E-state index in [9.17, 15) is 13.6 Å². The number of thiazole rings is 1. The lowest BCUT2D eigenvalue weighted by molar-refractivity contribution is -0.0553. The Bertz CT molecular complexity index is 681. The van der Waals surface area contributed by atoms with Crippen LogP contribution in [0.4, 0.5) is 8.78 Å². The van der Waals surface area contributed by atoms with Gasteiger partial charge in [-0.15, -0.1) is 11.3 Å². The third-order valence-electron chi connectivity index (χ3n) is 2.86. The summed E-state index contributed by atoms with van der Waals surface area (Å²) in [4.78, 5) is 16.6. The lowest BCUT2D eigenvalue weighted by Crippen LogP contribution is -2.41. The maximum absolute atomic E-state index is 12.2. The minimum absolute atomic E-state index is 0.000460. The number of carbonyl (C=O) groups excluding carboxylic acids is 1. The van der Waals surface area contributed by atoms with Gasteiger partial charge in [-0.05, 0) is 20.8 Å². The van der Waals surface area contributed by atoms with Gasteiger partial charge in [-0.25, -0.2) is 9.67 Å². The highest BCUT2D eigenvalue weighted by Gasteiger charge is 2.28. The molecule has 0 spiro atoms. The molecule has 0 aromatic carbocycles. The second-order valence-electron chi connectivity index (χ2n) is 5.24. The minimum Gasteiger partial charge on any atom is -0.417 e. The maximum atomic E-state index is 12.2. The van der Waals surface area contributed by atoms with Gasteiger partial charge in [0.15, 0.2) is 5.69 Å². The molecule has 0 bridgehead atoms. The smallest absolute Gasteiger partial charge is 0.388 e. The van der Waals surface area contributed by atoms with Crippen molar-refractivity contribution in [3.05, 3.63) is 27.8 Å². The first-order valence-corrected chi connectivity index (χ1v) is 7.31. The van der Waals surface area contributed by atoms with Gasteiger partial charge in [-0.2, -0.15) is 13.9 Å². The first-order valence-electron chi connectivity index (χ1n) is 6.43. The highest BCUT2D eigenvalue weighted by molar-refractivity contribution is 7.09. The second-order valence-corrected chi connectivity index (χ2v) is 6.10. The van der Waals surface area contributed by atoms with Crippen LogP contribution in [0, 0.1) is 6.92 Å². The average molecular weight is 330 g/mol. The molecule has 0 fully saturated rings. The lowest BCUT2D eigenvalue weighted by atomic mass is 10.1. The van der Waals surface area contributed by atoms with Crippen molar-refractivity contribution >= 4 is 17.2 Å². The molecule has 22 heavy (non-hydrogen) atoms. The molecule has 6 nitrogen and oxygen atoms in total. The Morgan fingerprint density at radius 2 is 2.18 bits per heavy atom. The molecule has 0 unspecified atom stereocenters. The highest BCUT2D eigenvalue weighted by atomic mass is 32.1. The standard InChI is InChI=1S/C13H16F2N4O2S/c1-7-6-22-11(16-7)13(2,3)17-10(20)8-5-9(19(4)18-8)21-12(14)15/h5-6,12H,1-4H3,(H,17,20). The predicted molar refractivity (Wildman–Crippen MR) is 77.2 cm³/mol. The number of nitrogens with one attached hydrogen (secondary N) is 1. The molecule has 2 heterocycles. The van der Waals surface area contributed by atoms with Crippen molar-refractivity contribution in [2.24, 2.45) is 7.05 Å². The fraction of sp³-hybridized carbons (Fsp3) is 0.462. The Balaban J connectivity index is 2.15. The SMILES string of the molecule is Cc1csc(C(C)(C)NC(=O)c2cc(OC(F)F)n(C)n2)n1. The third kappa shape index (κ3) is 3.59. The van der Waals surface area contributed by atoms with Crippen molar-refractivity contribution in [2.45, 2.75) is 32.9 Å². The molecule has 9 heteroatoms. The molecule has 1 N–H and O–H groups in total. The summed E-state index contributed by atoms with van der Waals surface area (Å²) >= 11 is 1.44. The Hall–Kier alpha value is -2.03. The minimum atomic E-state index is -2.97. The van der Waals surface area contributed by atoms with Crippen LogP contribution in [0.2, 0.25) is 0 Å². The molecular formula is C13H16F2N4O2S. The zero-order valence-electron chi connectivity index (χ0n) is 12.6. The monoisotopic (exact) mass is 330 g/mol. The van der Waals surface area contributed by atoms with Crippen LogP contribution >= 0.6 is 11.3 Å². The van der Waals surface area contributed by atoms with Gasteiger partial charge in [-0.1, -0.05) is 0 Å².